The van der Waals surface area contributed by atoms with Gasteiger partial charge in [-0.2, -0.15) is 0 Å². The second-order valence-electron chi connectivity index (χ2n) is 7.47. The Kier molecular flexibility index (Phi) is 4.02. The average Bonchev–Trinajstić information content (AvgIpc) is 3.13. The molecule has 4 aromatic rings. The highest BCUT2D eigenvalue weighted by molar-refractivity contribution is 5.68. The Labute approximate surface area is 166 Å². The van der Waals surface area contributed by atoms with Gasteiger partial charge in [-0.1, -0.05) is 97.1 Å². The minimum absolute atomic E-state index is 0.342. The topological polar surface area (TPSA) is 3.24 Å². The van der Waals surface area contributed by atoms with E-state index < -0.39 is 0 Å². The highest BCUT2D eigenvalue weighted by Crippen LogP contribution is 2.51. The summed E-state index contributed by atoms with van der Waals surface area (Å²) in [5.41, 5.74) is 7.67. The Morgan fingerprint density at radius 2 is 1.14 bits per heavy atom. The van der Waals surface area contributed by atoms with Gasteiger partial charge in [-0.15, -0.1) is 0 Å². The third-order valence-corrected chi connectivity index (χ3v) is 5.97. The van der Waals surface area contributed by atoms with Crippen LogP contribution in [-0.4, -0.2) is 0 Å². The van der Waals surface area contributed by atoms with E-state index in [-0.39, 0.29) is 5.54 Å². The molecule has 0 aromatic heterocycles. The molecular weight excluding hydrogens is 338 g/mol. The number of rotatable bonds is 3. The second-order valence-corrected chi connectivity index (χ2v) is 7.47. The van der Waals surface area contributed by atoms with Crippen LogP contribution in [0.25, 0.3) is 0 Å². The van der Waals surface area contributed by atoms with Gasteiger partial charge in [0.05, 0.1) is 0 Å². The largest absolute Gasteiger partial charge is 0.349 e. The number of aryl methyl sites for hydroxylation is 1. The SMILES string of the molecule is Cc1cccc2c1CN(c1ccccc1)C2(c1ccccc1)c1ccccc1. The van der Waals surface area contributed by atoms with Crippen molar-refractivity contribution >= 4 is 5.69 Å². The van der Waals surface area contributed by atoms with Crippen LogP contribution in [0.3, 0.4) is 0 Å². The molecule has 0 fully saturated rings. The van der Waals surface area contributed by atoms with Crippen LogP contribution in [-0.2, 0) is 12.1 Å². The molecule has 0 aliphatic carbocycles. The lowest BCUT2D eigenvalue weighted by atomic mass is 9.76. The lowest BCUT2D eigenvalue weighted by Crippen LogP contribution is -2.43. The van der Waals surface area contributed by atoms with Gasteiger partial charge in [0, 0.05) is 12.2 Å². The monoisotopic (exact) mass is 361 g/mol. The molecule has 0 bridgehead atoms. The maximum Gasteiger partial charge on any atom is 0.117 e. The van der Waals surface area contributed by atoms with E-state index in [0.29, 0.717) is 0 Å². The fraction of sp³-hybridized carbons (Fsp3) is 0.111. The smallest absolute Gasteiger partial charge is 0.117 e. The van der Waals surface area contributed by atoms with Crippen molar-refractivity contribution < 1.29 is 0 Å². The van der Waals surface area contributed by atoms with Crippen molar-refractivity contribution in [3.05, 3.63) is 137 Å². The third kappa shape index (κ3) is 2.40. The van der Waals surface area contributed by atoms with Crippen LogP contribution in [0.1, 0.15) is 27.8 Å². The van der Waals surface area contributed by atoms with Crippen molar-refractivity contribution in [3.8, 4) is 0 Å². The third-order valence-electron chi connectivity index (χ3n) is 5.97. The van der Waals surface area contributed by atoms with Gasteiger partial charge in [0.1, 0.15) is 5.54 Å². The summed E-state index contributed by atoms with van der Waals surface area (Å²) in [6, 6.07) is 39.4. The van der Waals surface area contributed by atoms with Crippen molar-refractivity contribution in [3.63, 3.8) is 0 Å². The fourth-order valence-electron chi connectivity index (χ4n) is 4.71. The summed E-state index contributed by atoms with van der Waals surface area (Å²) in [5, 5.41) is 0. The maximum absolute atomic E-state index is 2.56. The molecule has 0 saturated heterocycles. The molecule has 0 radical (unpaired) electrons. The zero-order valence-electron chi connectivity index (χ0n) is 16.0. The van der Waals surface area contributed by atoms with Gasteiger partial charge in [0.2, 0.25) is 0 Å². The number of anilines is 1. The summed E-state index contributed by atoms with van der Waals surface area (Å²) in [4.78, 5) is 2.56. The molecule has 1 heteroatoms. The summed E-state index contributed by atoms with van der Waals surface area (Å²) in [6.45, 7) is 3.13. The molecule has 1 heterocycles. The first-order chi connectivity index (χ1) is 13.8. The number of hydrogen-bond acceptors (Lipinski definition) is 1. The van der Waals surface area contributed by atoms with E-state index >= 15 is 0 Å². The van der Waals surface area contributed by atoms with Gasteiger partial charge >= 0.3 is 0 Å². The first-order valence-corrected chi connectivity index (χ1v) is 9.84. The maximum atomic E-state index is 2.56. The van der Waals surface area contributed by atoms with Crippen LogP contribution in [0.15, 0.2) is 109 Å². The molecule has 0 atom stereocenters. The molecule has 0 unspecified atom stereocenters. The zero-order chi connectivity index (χ0) is 19.0. The molecule has 0 saturated carbocycles. The van der Waals surface area contributed by atoms with Crippen LogP contribution in [0.4, 0.5) is 5.69 Å². The van der Waals surface area contributed by atoms with Gasteiger partial charge in [-0.3, -0.25) is 0 Å². The van der Waals surface area contributed by atoms with Crippen LogP contribution in [0.2, 0.25) is 0 Å². The van der Waals surface area contributed by atoms with Crippen molar-refractivity contribution in [2.24, 2.45) is 0 Å². The normalized spacial score (nSPS) is 14.7. The lowest BCUT2D eigenvalue weighted by molar-refractivity contribution is 0.604. The molecule has 0 N–H and O–H groups in total. The summed E-state index contributed by atoms with van der Waals surface area (Å²) in [5.74, 6) is 0. The molecule has 4 aromatic carbocycles. The standard InChI is InChI=1S/C27H23N/c1-21-12-11-19-26-25(21)20-28(24-17-9-4-10-18-24)27(26,22-13-5-2-6-14-22)23-15-7-3-8-16-23/h2-19H,20H2,1H3. The number of para-hydroxylation sites is 1. The second kappa shape index (κ2) is 6.69. The highest BCUT2D eigenvalue weighted by atomic mass is 15.2. The Hall–Kier alpha value is -3.32. The van der Waals surface area contributed by atoms with Gasteiger partial charge in [0.25, 0.3) is 0 Å². The van der Waals surface area contributed by atoms with E-state index in [2.05, 4.69) is 121 Å². The van der Waals surface area contributed by atoms with Gasteiger partial charge < -0.3 is 4.90 Å². The number of fused-ring (bicyclic) bond motifs is 1. The van der Waals surface area contributed by atoms with E-state index in [0.717, 1.165) is 6.54 Å². The average molecular weight is 361 g/mol. The fourth-order valence-corrected chi connectivity index (χ4v) is 4.71. The lowest BCUT2D eigenvalue weighted by Gasteiger charge is -2.42. The van der Waals surface area contributed by atoms with E-state index in [1.54, 1.807) is 0 Å². The predicted molar refractivity (Wildman–Crippen MR) is 117 cm³/mol. The molecule has 5 rings (SSSR count). The Morgan fingerprint density at radius 1 is 0.607 bits per heavy atom. The quantitative estimate of drug-likeness (QED) is 0.413. The number of hydrogen-bond donors (Lipinski definition) is 0. The van der Waals surface area contributed by atoms with Gasteiger partial charge in [-0.05, 0) is 46.9 Å². The first kappa shape index (κ1) is 16.8. The van der Waals surface area contributed by atoms with Crippen molar-refractivity contribution in [2.45, 2.75) is 19.0 Å². The van der Waals surface area contributed by atoms with E-state index in [9.17, 15) is 0 Å². The molecule has 1 aliphatic heterocycles. The van der Waals surface area contributed by atoms with Crippen LogP contribution < -0.4 is 4.90 Å². The van der Waals surface area contributed by atoms with Gasteiger partial charge in [-0.25, -0.2) is 0 Å². The minimum atomic E-state index is -0.342. The van der Waals surface area contributed by atoms with Crippen LogP contribution in [0, 0.1) is 6.92 Å². The molecule has 0 amide bonds. The minimum Gasteiger partial charge on any atom is -0.349 e. The summed E-state index contributed by atoms with van der Waals surface area (Å²) >= 11 is 0. The van der Waals surface area contributed by atoms with E-state index in [4.69, 9.17) is 0 Å². The summed E-state index contributed by atoms with van der Waals surface area (Å²) < 4.78 is 0. The molecule has 136 valence electrons. The first-order valence-electron chi connectivity index (χ1n) is 9.84. The summed E-state index contributed by atoms with van der Waals surface area (Å²) in [6.07, 6.45) is 0. The number of benzene rings is 4. The Morgan fingerprint density at radius 3 is 1.71 bits per heavy atom. The predicted octanol–water partition coefficient (Wildman–Crippen LogP) is 6.31. The Bertz CT molecular complexity index is 1050. The highest BCUT2D eigenvalue weighted by Gasteiger charge is 2.48. The molecule has 28 heavy (non-hydrogen) atoms. The van der Waals surface area contributed by atoms with Crippen LogP contribution in [0.5, 0.6) is 0 Å². The molecular formula is C27H23N. The Balaban J connectivity index is 1.90. The van der Waals surface area contributed by atoms with Crippen molar-refractivity contribution in [1.82, 2.24) is 0 Å². The van der Waals surface area contributed by atoms with Crippen LogP contribution >= 0.6 is 0 Å². The van der Waals surface area contributed by atoms with Crippen molar-refractivity contribution in [1.29, 1.82) is 0 Å². The molecule has 1 nitrogen and oxygen atoms in total. The van der Waals surface area contributed by atoms with E-state index in [1.807, 2.05) is 0 Å². The zero-order valence-corrected chi connectivity index (χ0v) is 16.0. The van der Waals surface area contributed by atoms with Crippen molar-refractivity contribution in [2.75, 3.05) is 4.90 Å². The van der Waals surface area contributed by atoms with E-state index in [1.165, 1.54) is 33.5 Å². The number of nitrogens with zero attached hydrogens (tertiary/aromatic N) is 1. The molecule has 1 aliphatic rings. The molecule has 0 spiro atoms. The van der Waals surface area contributed by atoms with Gasteiger partial charge in [0.15, 0.2) is 0 Å². The summed E-state index contributed by atoms with van der Waals surface area (Å²) in [7, 11) is 0.